The van der Waals surface area contributed by atoms with Gasteiger partial charge in [0, 0.05) is 6.42 Å². The molecule has 0 aliphatic heterocycles. The molecule has 0 saturated carbocycles. The van der Waals surface area contributed by atoms with Crippen molar-refractivity contribution in [3.63, 3.8) is 0 Å². The summed E-state index contributed by atoms with van der Waals surface area (Å²) in [6, 6.07) is 6.65. The number of nitrogens with zero attached hydrogens (tertiary/aromatic N) is 4. The zero-order valence-corrected chi connectivity index (χ0v) is 10.8. The molecule has 0 unspecified atom stereocenters. The first kappa shape index (κ1) is 11.3. The summed E-state index contributed by atoms with van der Waals surface area (Å²) in [7, 11) is 0. The summed E-state index contributed by atoms with van der Waals surface area (Å²) in [4.78, 5) is 8.47. The molecule has 18 heavy (non-hydrogen) atoms. The van der Waals surface area contributed by atoms with Gasteiger partial charge in [0.15, 0.2) is 5.65 Å². The number of halogens is 2. The minimum atomic E-state index is -0.239. The Balaban J connectivity index is 2.10. The topological polar surface area (TPSA) is 43.1 Å². The van der Waals surface area contributed by atoms with Crippen molar-refractivity contribution < 1.29 is 4.39 Å². The Morgan fingerprint density at radius 2 is 2.11 bits per heavy atom. The van der Waals surface area contributed by atoms with Crippen molar-refractivity contribution in [2.24, 2.45) is 0 Å². The van der Waals surface area contributed by atoms with E-state index in [0.717, 1.165) is 0 Å². The van der Waals surface area contributed by atoms with Crippen LogP contribution in [0.5, 0.6) is 0 Å². The minimum Gasteiger partial charge on any atom is -0.240 e. The number of hydrogen-bond acceptors (Lipinski definition) is 3. The van der Waals surface area contributed by atoms with Crippen LogP contribution in [0.3, 0.4) is 0 Å². The average molecular weight is 307 g/mol. The molecule has 0 aliphatic rings. The molecule has 0 aliphatic carbocycles. The number of aromatic nitrogens is 4. The second-order valence-electron chi connectivity index (χ2n) is 3.81. The van der Waals surface area contributed by atoms with Crippen LogP contribution in [0, 0.1) is 5.82 Å². The molecule has 0 N–H and O–H groups in total. The maximum Gasteiger partial charge on any atom is 0.177 e. The first-order chi connectivity index (χ1) is 8.74. The molecule has 4 nitrogen and oxygen atoms in total. The summed E-state index contributed by atoms with van der Waals surface area (Å²) in [6.45, 7) is 0. The highest BCUT2D eigenvalue weighted by Crippen LogP contribution is 2.17. The monoisotopic (exact) mass is 306 g/mol. The van der Waals surface area contributed by atoms with Gasteiger partial charge in [-0.05, 0) is 27.6 Å². The third kappa shape index (κ3) is 1.99. The van der Waals surface area contributed by atoms with Crippen LogP contribution in [-0.4, -0.2) is 19.6 Å². The molecule has 0 radical (unpaired) electrons. The van der Waals surface area contributed by atoms with Gasteiger partial charge in [-0.1, -0.05) is 18.2 Å². The molecule has 0 amide bonds. The number of rotatable bonds is 2. The summed E-state index contributed by atoms with van der Waals surface area (Å²) in [5.41, 5.74) is 1.92. The highest BCUT2D eigenvalue weighted by atomic mass is 79.9. The predicted molar refractivity (Wildman–Crippen MR) is 67.7 cm³/mol. The van der Waals surface area contributed by atoms with Crippen LogP contribution in [0.25, 0.3) is 5.65 Å². The van der Waals surface area contributed by atoms with Crippen molar-refractivity contribution in [1.29, 1.82) is 0 Å². The molecule has 1 aromatic carbocycles. The van der Waals surface area contributed by atoms with Gasteiger partial charge in [0.05, 0.1) is 11.9 Å². The van der Waals surface area contributed by atoms with Crippen LogP contribution in [0.15, 0.2) is 41.4 Å². The lowest BCUT2D eigenvalue weighted by atomic mass is 10.1. The molecule has 3 rings (SSSR count). The molecule has 3 aromatic rings. The number of fused-ring (bicyclic) bond motifs is 1. The van der Waals surface area contributed by atoms with Gasteiger partial charge in [-0.3, -0.25) is 0 Å². The molecule has 90 valence electrons. The molecule has 2 heterocycles. The second-order valence-corrected chi connectivity index (χ2v) is 4.62. The van der Waals surface area contributed by atoms with E-state index in [0.29, 0.717) is 27.9 Å². The fraction of sp³-hybridized carbons (Fsp3) is 0.0833. The third-order valence-electron chi connectivity index (χ3n) is 2.62. The average Bonchev–Trinajstić information content (AvgIpc) is 2.80. The molecule has 6 heteroatoms. The van der Waals surface area contributed by atoms with E-state index in [9.17, 15) is 4.39 Å². The van der Waals surface area contributed by atoms with Crippen LogP contribution in [0.1, 0.15) is 11.3 Å². The normalized spacial score (nSPS) is 11.0. The Morgan fingerprint density at radius 3 is 2.94 bits per heavy atom. The lowest BCUT2D eigenvalue weighted by Gasteiger charge is -2.04. The zero-order chi connectivity index (χ0) is 12.5. The van der Waals surface area contributed by atoms with E-state index in [-0.39, 0.29) is 5.82 Å². The first-order valence-electron chi connectivity index (χ1n) is 5.32. The van der Waals surface area contributed by atoms with Crippen molar-refractivity contribution >= 4 is 21.6 Å². The van der Waals surface area contributed by atoms with E-state index >= 15 is 0 Å². The second kappa shape index (κ2) is 4.45. The standard InChI is InChI=1S/C12H8BrFN4/c13-11-6-18-12(15-7-16-18)10(17-11)5-8-3-1-2-4-9(8)14/h1-4,6-7H,5H2. The van der Waals surface area contributed by atoms with Crippen molar-refractivity contribution in [2.45, 2.75) is 6.42 Å². The van der Waals surface area contributed by atoms with Gasteiger partial charge in [-0.25, -0.2) is 18.9 Å². The van der Waals surface area contributed by atoms with Gasteiger partial charge in [-0.2, -0.15) is 5.10 Å². The van der Waals surface area contributed by atoms with Crippen LogP contribution >= 0.6 is 15.9 Å². The van der Waals surface area contributed by atoms with Crippen molar-refractivity contribution in [3.8, 4) is 0 Å². The van der Waals surface area contributed by atoms with E-state index in [1.807, 2.05) is 0 Å². The Hall–Kier alpha value is -1.82. The Morgan fingerprint density at radius 1 is 1.28 bits per heavy atom. The summed E-state index contributed by atoms with van der Waals surface area (Å²) in [6.07, 6.45) is 3.55. The van der Waals surface area contributed by atoms with Crippen LogP contribution in [-0.2, 0) is 6.42 Å². The Kier molecular flexibility index (Phi) is 2.79. The quantitative estimate of drug-likeness (QED) is 0.731. The molecule has 0 fully saturated rings. The summed E-state index contributed by atoms with van der Waals surface area (Å²) < 4.78 is 15.9. The van der Waals surface area contributed by atoms with Gasteiger partial charge >= 0.3 is 0 Å². The Labute approximate surface area is 111 Å². The van der Waals surface area contributed by atoms with Crippen LogP contribution < -0.4 is 0 Å². The van der Waals surface area contributed by atoms with Gasteiger partial charge in [0.25, 0.3) is 0 Å². The molecule has 0 saturated heterocycles. The number of hydrogen-bond donors (Lipinski definition) is 0. The summed E-state index contributed by atoms with van der Waals surface area (Å²) in [5, 5.41) is 4.05. The largest absolute Gasteiger partial charge is 0.240 e. The first-order valence-corrected chi connectivity index (χ1v) is 6.11. The van der Waals surface area contributed by atoms with Crippen LogP contribution in [0.2, 0.25) is 0 Å². The smallest absolute Gasteiger partial charge is 0.177 e. The lowest BCUT2D eigenvalue weighted by Crippen LogP contribution is -2.01. The molecule has 0 bridgehead atoms. The highest BCUT2D eigenvalue weighted by Gasteiger charge is 2.10. The van der Waals surface area contributed by atoms with Gasteiger partial charge < -0.3 is 0 Å². The van der Waals surface area contributed by atoms with E-state index in [1.54, 1.807) is 28.9 Å². The maximum absolute atomic E-state index is 13.6. The molecular formula is C12H8BrFN4. The summed E-state index contributed by atoms with van der Waals surface area (Å²) in [5.74, 6) is -0.239. The number of benzene rings is 1. The minimum absolute atomic E-state index is 0.239. The summed E-state index contributed by atoms with van der Waals surface area (Å²) >= 11 is 3.31. The lowest BCUT2D eigenvalue weighted by molar-refractivity contribution is 0.613. The molecule has 2 aromatic heterocycles. The fourth-order valence-electron chi connectivity index (χ4n) is 1.80. The van der Waals surface area contributed by atoms with E-state index in [2.05, 4.69) is 31.0 Å². The van der Waals surface area contributed by atoms with Gasteiger partial charge in [-0.15, -0.1) is 0 Å². The van der Waals surface area contributed by atoms with E-state index in [1.165, 1.54) is 12.4 Å². The molecule has 0 spiro atoms. The van der Waals surface area contributed by atoms with Crippen molar-refractivity contribution in [3.05, 3.63) is 58.5 Å². The van der Waals surface area contributed by atoms with Gasteiger partial charge in [0.1, 0.15) is 16.7 Å². The molecule has 0 atom stereocenters. The van der Waals surface area contributed by atoms with Crippen molar-refractivity contribution in [1.82, 2.24) is 19.6 Å². The van der Waals surface area contributed by atoms with E-state index in [4.69, 9.17) is 0 Å². The maximum atomic E-state index is 13.6. The van der Waals surface area contributed by atoms with Crippen LogP contribution in [0.4, 0.5) is 4.39 Å². The van der Waals surface area contributed by atoms with Gasteiger partial charge in [0.2, 0.25) is 0 Å². The Bertz CT molecular complexity index is 710. The van der Waals surface area contributed by atoms with Crippen molar-refractivity contribution in [2.75, 3.05) is 0 Å². The van der Waals surface area contributed by atoms with E-state index < -0.39 is 0 Å². The third-order valence-corrected chi connectivity index (χ3v) is 3.00. The fourth-order valence-corrected chi connectivity index (χ4v) is 2.21. The molecular weight excluding hydrogens is 299 g/mol. The predicted octanol–water partition coefficient (Wildman–Crippen LogP) is 2.62. The zero-order valence-electron chi connectivity index (χ0n) is 9.22. The SMILES string of the molecule is Fc1ccccc1Cc1nc(Br)cn2ncnc12. The highest BCUT2D eigenvalue weighted by molar-refractivity contribution is 9.10.